The molecule has 4 rings (SSSR count). The fourth-order valence-corrected chi connectivity index (χ4v) is 3.62. The highest BCUT2D eigenvalue weighted by Crippen LogP contribution is 2.13. The molecule has 1 aromatic heterocycles. The van der Waals surface area contributed by atoms with Crippen molar-refractivity contribution < 1.29 is 4.79 Å². The van der Waals surface area contributed by atoms with E-state index in [1.165, 1.54) is 5.56 Å². The van der Waals surface area contributed by atoms with Crippen molar-refractivity contribution in [1.29, 1.82) is 0 Å². The number of benzene rings is 3. The van der Waals surface area contributed by atoms with Crippen LogP contribution < -0.4 is 0 Å². The molecule has 1 heterocycles. The molecule has 0 aliphatic rings. The summed E-state index contributed by atoms with van der Waals surface area (Å²) in [5.41, 5.74) is 4.49. The lowest BCUT2D eigenvalue weighted by Crippen LogP contribution is -2.32. The van der Waals surface area contributed by atoms with Crippen LogP contribution in [0.25, 0.3) is 5.69 Å². The number of carbonyl (C=O) groups is 1. The molecule has 0 fully saturated rings. The van der Waals surface area contributed by atoms with Gasteiger partial charge in [-0.15, -0.1) is 0 Å². The molecule has 3 aromatic carbocycles. The number of hydrogen-bond acceptors (Lipinski definition) is 2. The zero-order chi connectivity index (χ0) is 21.3. The van der Waals surface area contributed by atoms with Gasteiger partial charge in [0, 0.05) is 25.7 Å². The van der Waals surface area contributed by atoms with E-state index >= 15 is 0 Å². The van der Waals surface area contributed by atoms with Gasteiger partial charge in [0.05, 0.1) is 11.9 Å². The van der Waals surface area contributed by atoms with E-state index in [9.17, 15) is 4.79 Å². The maximum Gasteiger partial charge on any atom is 0.223 e. The van der Waals surface area contributed by atoms with Gasteiger partial charge in [-0.2, -0.15) is 5.10 Å². The van der Waals surface area contributed by atoms with E-state index < -0.39 is 0 Å². The molecule has 0 saturated heterocycles. The Hall–Kier alpha value is -3.66. The van der Waals surface area contributed by atoms with Crippen LogP contribution in [0, 0.1) is 0 Å². The number of aromatic nitrogens is 2. The van der Waals surface area contributed by atoms with E-state index in [1.54, 1.807) is 0 Å². The summed E-state index contributed by atoms with van der Waals surface area (Å²) in [5.74, 6) is 0.173. The zero-order valence-corrected chi connectivity index (χ0v) is 17.6. The van der Waals surface area contributed by atoms with E-state index in [0.717, 1.165) is 23.2 Å². The van der Waals surface area contributed by atoms with Gasteiger partial charge >= 0.3 is 0 Å². The van der Waals surface area contributed by atoms with Gasteiger partial charge in [-0.25, -0.2) is 4.68 Å². The third kappa shape index (κ3) is 5.92. The van der Waals surface area contributed by atoms with Crippen LogP contribution in [-0.2, 0) is 24.2 Å². The Morgan fingerprint density at radius 2 is 1.35 bits per heavy atom. The monoisotopic (exact) mass is 409 g/mol. The predicted octanol–water partition coefficient (Wildman–Crippen LogP) is 5.08. The Morgan fingerprint density at radius 1 is 0.742 bits per heavy atom. The summed E-state index contributed by atoms with van der Waals surface area (Å²) in [4.78, 5) is 15.1. The lowest BCUT2D eigenvalue weighted by Gasteiger charge is -2.23. The standard InChI is InChI=1S/C27H27N3O/c31-27(17-16-25-20-28-30(22-25)26-14-8-3-9-15-26)29(21-24-12-6-2-7-13-24)19-18-23-10-4-1-5-11-23/h1-15,20,22H,16-19,21H2. The second-order valence-corrected chi connectivity index (χ2v) is 7.67. The molecule has 156 valence electrons. The third-order valence-corrected chi connectivity index (χ3v) is 5.37. The molecule has 0 saturated carbocycles. The Balaban J connectivity index is 1.39. The SMILES string of the molecule is O=C(CCc1cnn(-c2ccccc2)c1)N(CCc1ccccc1)Cc1ccccc1. The van der Waals surface area contributed by atoms with Crippen molar-refractivity contribution in [3.63, 3.8) is 0 Å². The molecule has 4 heteroatoms. The smallest absolute Gasteiger partial charge is 0.223 e. The normalized spacial score (nSPS) is 10.7. The van der Waals surface area contributed by atoms with Crippen LogP contribution >= 0.6 is 0 Å². The fraction of sp³-hybridized carbons (Fsp3) is 0.185. The van der Waals surface area contributed by atoms with Crippen molar-refractivity contribution >= 4 is 5.91 Å². The first-order chi connectivity index (χ1) is 15.3. The van der Waals surface area contributed by atoms with Crippen molar-refractivity contribution in [2.75, 3.05) is 6.54 Å². The largest absolute Gasteiger partial charge is 0.338 e. The summed E-state index contributed by atoms with van der Waals surface area (Å²) in [5, 5.41) is 4.44. The molecular weight excluding hydrogens is 382 g/mol. The van der Waals surface area contributed by atoms with E-state index in [1.807, 2.05) is 88.7 Å². The van der Waals surface area contributed by atoms with Crippen molar-refractivity contribution in [3.05, 3.63) is 120 Å². The maximum atomic E-state index is 13.1. The third-order valence-electron chi connectivity index (χ3n) is 5.37. The number of para-hydroxylation sites is 1. The molecule has 31 heavy (non-hydrogen) atoms. The maximum absolute atomic E-state index is 13.1. The van der Waals surface area contributed by atoms with Gasteiger partial charge in [-0.3, -0.25) is 4.79 Å². The van der Waals surface area contributed by atoms with Gasteiger partial charge in [-0.1, -0.05) is 78.9 Å². The molecule has 4 aromatic rings. The number of carbonyl (C=O) groups excluding carboxylic acids is 1. The van der Waals surface area contributed by atoms with E-state index in [0.29, 0.717) is 25.9 Å². The summed E-state index contributed by atoms with van der Waals surface area (Å²) in [6, 6.07) is 30.6. The minimum atomic E-state index is 0.173. The zero-order valence-electron chi connectivity index (χ0n) is 17.6. The number of amides is 1. The summed E-state index contributed by atoms with van der Waals surface area (Å²) < 4.78 is 1.86. The molecule has 4 nitrogen and oxygen atoms in total. The first-order valence-corrected chi connectivity index (χ1v) is 10.7. The molecule has 0 aliphatic carbocycles. The molecule has 0 atom stereocenters. The van der Waals surface area contributed by atoms with Crippen LogP contribution in [0.5, 0.6) is 0 Å². The lowest BCUT2D eigenvalue weighted by atomic mass is 10.1. The van der Waals surface area contributed by atoms with Gasteiger partial charge in [0.2, 0.25) is 5.91 Å². The molecular formula is C27H27N3O. The highest BCUT2D eigenvalue weighted by molar-refractivity contribution is 5.76. The van der Waals surface area contributed by atoms with Crippen LogP contribution in [0.3, 0.4) is 0 Å². The Kier molecular flexibility index (Phi) is 6.91. The van der Waals surface area contributed by atoms with Crippen LogP contribution in [0.4, 0.5) is 0 Å². The fourth-order valence-electron chi connectivity index (χ4n) is 3.62. The molecule has 0 radical (unpaired) electrons. The van der Waals surface area contributed by atoms with Crippen LogP contribution in [0.15, 0.2) is 103 Å². The molecule has 0 unspecified atom stereocenters. The van der Waals surface area contributed by atoms with E-state index in [4.69, 9.17) is 0 Å². The van der Waals surface area contributed by atoms with Crippen molar-refractivity contribution in [1.82, 2.24) is 14.7 Å². The Labute approximate surface area is 183 Å². The summed E-state index contributed by atoms with van der Waals surface area (Å²) in [6.45, 7) is 1.34. The van der Waals surface area contributed by atoms with Crippen LogP contribution in [0.1, 0.15) is 23.1 Å². The second-order valence-electron chi connectivity index (χ2n) is 7.67. The summed E-state index contributed by atoms with van der Waals surface area (Å²) in [7, 11) is 0. The quantitative estimate of drug-likeness (QED) is 0.387. The highest BCUT2D eigenvalue weighted by atomic mass is 16.2. The van der Waals surface area contributed by atoms with E-state index in [-0.39, 0.29) is 5.91 Å². The first kappa shape index (κ1) is 20.6. The van der Waals surface area contributed by atoms with Gasteiger partial charge in [0.25, 0.3) is 0 Å². The van der Waals surface area contributed by atoms with Gasteiger partial charge < -0.3 is 4.90 Å². The second kappa shape index (κ2) is 10.4. The average molecular weight is 410 g/mol. The van der Waals surface area contributed by atoms with Crippen LogP contribution in [0.2, 0.25) is 0 Å². The van der Waals surface area contributed by atoms with Gasteiger partial charge in [0.1, 0.15) is 0 Å². The van der Waals surface area contributed by atoms with Crippen molar-refractivity contribution in [3.8, 4) is 5.69 Å². The van der Waals surface area contributed by atoms with Gasteiger partial charge in [0.15, 0.2) is 0 Å². The summed E-state index contributed by atoms with van der Waals surface area (Å²) in [6.07, 6.45) is 5.87. The van der Waals surface area contributed by atoms with Gasteiger partial charge in [-0.05, 0) is 41.7 Å². The number of hydrogen-bond donors (Lipinski definition) is 0. The first-order valence-electron chi connectivity index (χ1n) is 10.7. The van der Waals surface area contributed by atoms with Crippen LogP contribution in [-0.4, -0.2) is 27.1 Å². The highest BCUT2D eigenvalue weighted by Gasteiger charge is 2.15. The molecule has 1 amide bonds. The molecule has 0 spiro atoms. The lowest BCUT2D eigenvalue weighted by molar-refractivity contribution is -0.131. The van der Waals surface area contributed by atoms with Crippen molar-refractivity contribution in [2.45, 2.75) is 25.8 Å². The topological polar surface area (TPSA) is 38.1 Å². The average Bonchev–Trinajstić information content (AvgIpc) is 3.31. The minimum Gasteiger partial charge on any atom is -0.338 e. The molecule has 0 bridgehead atoms. The Morgan fingerprint density at radius 3 is 2.03 bits per heavy atom. The number of rotatable bonds is 9. The minimum absolute atomic E-state index is 0.173. The summed E-state index contributed by atoms with van der Waals surface area (Å²) >= 11 is 0. The van der Waals surface area contributed by atoms with E-state index in [2.05, 4.69) is 29.4 Å². The number of aryl methyl sites for hydroxylation is 1. The molecule has 0 N–H and O–H groups in total. The predicted molar refractivity (Wildman–Crippen MR) is 124 cm³/mol. The Bertz CT molecular complexity index is 1080. The molecule has 0 aliphatic heterocycles. The van der Waals surface area contributed by atoms with Crippen molar-refractivity contribution in [2.24, 2.45) is 0 Å². The number of nitrogens with zero attached hydrogens (tertiary/aromatic N) is 3.